The maximum atomic E-state index is 11.7. The zero-order valence-electron chi connectivity index (χ0n) is 13.5. The summed E-state index contributed by atoms with van der Waals surface area (Å²) in [6.45, 7) is 2.90. The Kier molecular flexibility index (Phi) is 4.97. The van der Waals surface area contributed by atoms with Crippen molar-refractivity contribution < 1.29 is 4.79 Å². The van der Waals surface area contributed by atoms with Gasteiger partial charge in [-0.05, 0) is 26.1 Å². The summed E-state index contributed by atoms with van der Waals surface area (Å²) in [7, 11) is 1.74. The number of rotatable bonds is 6. The fraction of sp³-hybridized carbons (Fsp3) is 0.250. The lowest BCUT2D eigenvalue weighted by molar-refractivity contribution is -0.115. The number of aryl methyl sites for hydroxylation is 1. The Morgan fingerprint density at radius 1 is 1.38 bits per heavy atom. The molecule has 0 saturated heterocycles. The molecule has 2 N–H and O–H groups in total. The minimum Gasteiger partial charge on any atom is -0.325 e. The van der Waals surface area contributed by atoms with E-state index in [1.165, 1.54) is 0 Å². The number of nitrogens with one attached hydrogen (secondary N) is 2. The summed E-state index contributed by atoms with van der Waals surface area (Å²) in [4.78, 5) is 17.0. The third kappa shape index (κ3) is 4.03. The molecule has 124 valence electrons. The quantitative estimate of drug-likeness (QED) is 0.715. The van der Waals surface area contributed by atoms with Crippen molar-refractivity contribution in [1.82, 2.24) is 25.3 Å². The topological polar surface area (TPSA) is 84.7 Å². The van der Waals surface area contributed by atoms with Gasteiger partial charge in [0.05, 0.1) is 24.3 Å². The van der Waals surface area contributed by atoms with Crippen LogP contribution in [0, 0.1) is 6.92 Å². The molecule has 0 aliphatic carbocycles. The van der Waals surface area contributed by atoms with Gasteiger partial charge >= 0.3 is 0 Å². The standard InChI is InChI=1S/C16H18N6OS/c1-11-18-7-14(24-11)9-22-10-15(20-21-22)12-4-3-5-13(6-12)19-16(23)8-17-2/h3-7,10,17H,8-9H2,1-2H3,(H,19,23). The Hall–Kier alpha value is -2.58. The van der Waals surface area contributed by atoms with E-state index >= 15 is 0 Å². The molecule has 0 bridgehead atoms. The van der Waals surface area contributed by atoms with Crippen LogP contribution in [-0.4, -0.2) is 39.5 Å². The molecule has 24 heavy (non-hydrogen) atoms. The van der Waals surface area contributed by atoms with E-state index < -0.39 is 0 Å². The number of thiazole rings is 1. The summed E-state index contributed by atoms with van der Waals surface area (Å²) in [6.07, 6.45) is 3.75. The smallest absolute Gasteiger partial charge is 0.238 e. The highest BCUT2D eigenvalue weighted by atomic mass is 32.1. The second-order valence-electron chi connectivity index (χ2n) is 5.31. The first-order valence-corrected chi connectivity index (χ1v) is 8.32. The van der Waals surface area contributed by atoms with Crippen LogP contribution < -0.4 is 10.6 Å². The first-order valence-electron chi connectivity index (χ1n) is 7.50. The molecular formula is C16H18N6OS. The van der Waals surface area contributed by atoms with Crippen LogP contribution in [0.15, 0.2) is 36.7 Å². The van der Waals surface area contributed by atoms with Crippen molar-refractivity contribution >= 4 is 22.9 Å². The number of carbonyl (C=O) groups is 1. The molecule has 2 heterocycles. The highest BCUT2D eigenvalue weighted by Crippen LogP contribution is 2.21. The highest BCUT2D eigenvalue weighted by Gasteiger charge is 2.08. The molecule has 7 nitrogen and oxygen atoms in total. The number of nitrogens with zero attached hydrogens (tertiary/aromatic N) is 4. The second-order valence-corrected chi connectivity index (χ2v) is 6.63. The van der Waals surface area contributed by atoms with Gasteiger partial charge in [0.2, 0.25) is 5.91 Å². The average Bonchev–Trinajstić information content (AvgIpc) is 3.17. The SMILES string of the molecule is CNCC(=O)Nc1cccc(-c2cn(Cc3cnc(C)s3)nn2)c1. The monoisotopic (exact) mass is 342 g/mol. The van der Waals surface area contributed by atoms with E-state index in [-0.39, 0.29) is 12.5 Å². The Bertz CT molecular complexity index is 840. The van der Waals surface area contributed by atoms with Gasteiger partial charge in [0.1, 0.15) is 5.69 Å². The van der Waals surface area contributed by atoms with Gasteiger partial charge in [-0.3, -0.25) is 4.79 Å². The van der Waals surface area contributed by atoms with E-state index in [9.17, 15) is 4.79 Å². The van der Waals surface area contributed by atoms with Crippen molar-refractivity contribution in [1.29, 1.82) is 0 Å². The van der Waals surface area contributed by atoms with Crippen LogP contribution in [0.2, 0.25) is 0 Å². The molecule has 8 heteroatoms. The third-order valence-corrected chi connectivity index (χ3v) is 4.20. The van der Waals surface area contributed by atoms with Crippen LogP contribution in [0.25, 0.3) is 11.3 Å². The summed E-state index contributed by atoms with van der Waals surface area (Å²) >= 11 is 1.65. The van der Waals surface area contributed by atoms with Gasteiger partial charge in [0.15, 0.2) is 0 Å². The first-order chi connectivity index (χ1) is 11.6. The van der Waals surface area contributed by atoms with Crippen LogP contribution in [0.5, 0.6) is 0 Å². The maximum absolute atomic E-state index is 11.7. The largest absolute Gasteiger partial charge is 0.325 e. The molecule has 0 aliphatic rings. The summed E-state index contributed by atoms with van der Waals surface area (Å²) in [6, 6.07) is 7.56. The van der Waals surface area contributed by atoms with Crippen molar-refractivity contribution in [3.8, 4) is 11.3 Å². The molecule has 0 atom stereocenters. The molecule has 1 aromatic carbocycles. The van der Waals surface area contributed by atoms with Gasteiger partial charge < -0.3 is 10.6 Å². The van der Waals surface area contributed by atoms with Gasteiger partial charge in [0, 0.05) is 22.3 Å². The van der Waals surface area contributed by atoms with E-state index in [2.05, 4.69) is 25.9 Å². The molecule has 0 spiro atoms. The second kappa shape index (κ2) is 7.33. The van der Waals surface area contributed by atoms with Crippen molar-refractivity contribution in [3.05, 3.63) is 46.5 Å². The lowest BCUT2D eigenvalue weighted by Gasteiger charge is -2.05. The molecule has 0 unspecified atom stereocenters. The van der Waals surface area contributed by atoms with Crippen LogP contribution >= 0.6 is 11.3 Å². The lowest BCUT2D eigenvalue weighted by Crippen LogP contribution is -2.24. The van der Waals surface area contributed by atoms with Gasteiger partial charge in [-0.2, -0.15) is 0 Å². The van der Waals surface area contributed by atoms with Gasteiger partial charge in [0.25, 0.3) is 0 Å². The zero-order valence-corrected chi connectivity index (χ0v) is 14.3. The number of benzene rings is 1. The van der Waals surface area contributed by atoms with Crippen LogP contribution in [0.3, 0.4) is 0 Å². The van der Waals surface area contributed by atoms with Crippen LogP contribution in [0.1, 0.15) is 9.88 Å². The third-order valence-electron chi connectivity index (χ3n) is 3.31. The van der Waals surface area contributed by atoms with Gasteiger partial charge in [-0.15, -0.1) is 16.4 Å². The molecule has 2 aromatic heterocycles. The molecule has 1 amide bonds. The molecule has 0 saturated carbocycles. The number of hydrogen-bond acceptors (Lipinski definition) is 6. The van der Waals surface area contributed by atoms with Crippen LogP contribution in [0.4, 0.5) is 5.69 Å². The minimum atomic E-state index is -0.0844. The van der Waals surface area contributed by atoms with Crippen molar-refractivity contribution in [2.24, 2.45) is 0 Å². The van der Waals surface area contributed by atoms with Crippen molar-refractivity contribution in [2.75, 3.05) is 18.9 Å². The Morgan fingerprint density at radius 3 is 3.00 bits per heavy atom. The summed E-state index contributed by atoms with van der Waals surface area (Å²) in [5.41, 5.74) is 2.41. The zero-order chi connectivity index (χ0) is 16.9. The molecule has 3 aromatic rings. The highest BCUT2D eigenvalue weighted by molar-refractivity contribution is 7.11. The van der Waals surface area contributed by atoms with Crippen LogP contribution in [-0.2, 0) is 11.3 Å². The minimum absolute atomic E-state index is 0.0844. The number of amides is 1. The fourth-order valence-electron chi connectivity index (χ4n) is 2.27. The Morgan fingerprint density at radius 2 is 2.25 bits per heavy atom. The van der Waals surface area contributed by atoms with E-state index in [4.69, 9.17) is 0 Å². The fourth-order valence-corrected chi connectivity index (χ4v) is 3.06. The number of aromatic nitrogens is 4. The predicted molar refractivity (Wildman–Crippen MR) is 94.0 cm³/mol. The van der Waals surface area contributed by atoms with Gasteiger partial charge in [-0.25, -0.2) is 9.67 Å². The molecule has 0 aliphatic heterocycles. The normalized spacial score (nSPS) is 10.8. The van der Waals surface area contributed by atoms with E-state index in [0.717, 1.165) is 26.8 Å². The number of carbonyl (C=O) groups excluding carboxylic acids is 1. The lowest BCUT2D eigenvalue weighted by atomic mass is 10.1. The van der Waals surface area contributed by atoms with Crippen molar-refractivity contribution in [3.63, 3.8) is 0 Å². The van der Waals surface area contributed by atoms with E-state index in [1.807, 2.05) is 43.6 Å². The van der Waals surface area contributed by atoms with Gasteiger partial charge in [-0.1, -0.05) is 17.3 Å². The first kappa shape index (κ1) is 16.3. The summed E-state index contributed by atoms with van der Waals surface area (Å²) in [5, 5.41) is 15.1. The maximum Gasteiger partial charge on any atom is 0.238 e. The molecular weight excluding hydrogens is 324 g/mol. The van der Waals surface area contributed by atoms with E-state index in [1.54, 1.807) is 23.1 Å². The van der Waals surface area contributed by atoms with Crippen molar-refractivity contribution in [2.45, 2.75) is 13.5 Å². The summed E-state index contributed by atoms with van der Waals surface area (Å²) in [5.74, 6) is -0.0844. The van der Waals surface area contributed by atoms with E-state index in [0.29, 0.717) is 6.54 Å². The number of anilines is 1. The average molecular weight is 342 g/mol. The Balaban J connectivity index is 1.73. The number of hydrogen-bond donors (Lipinski definition) is 2. The molecule has 3 rings (SSSR count). The predicted octanol–water partition coefficient (Wildman–Crippen LogP) is 1.92. The molecule has 0 fully saturated rings. The summed E-state index contributed by atoms with van der Waals surface area (Å²) < 4.78 is 1.79. The molecule has 0 radical (unpaired) electrons. The Labute approximate surface area is 143 Å². The number of likely N-dealkylation sites (N-methyl/N-ethyl adjacent to an activating group) is 1.